The molecule has 0 radical (unpaired) electrons. The summed E-state index contributed by atoms with van der Waals surface area (Å²) in [7, 11) is 4.15. The summed E-state index contributed by atoms with van der Waals surface area (Å²) in [4.78, 5) is 10.5. The van der Waals surface area contributed by atoms with Crippen LogP contribution < -0.4 is 5.32 Å². The number of nitrogens with one attached hydrogen (secondary N) is 1. The fraction of sp³-hybridized carbons (Fsp3) is 0.636. The van der Waals surface area contributed by atoms with Crippen LogP contribution in [0.1, 0.15) is 19.7 Å². The fourth-order valence-corrected chi connectivity index (χ4v) is 1.02. The average Bonchev–Trinajstić information content (AvgIpc) is 2.15. The quantitative estimate of drug-likeness (QED) is 0.815. The second kappa shape index (κ2) is 4.57. The van der Waals surface area contributed by atoms with Gasteiger partial charge in [-0.2, -0.15) is 0 Å². The maximum absolute atomic E-state index is 4.29. The van der Waals surface area contributed by atoms with E-state index in [1.807, 2.05) is 13.0 Å². The van der Waals surface area contributed by atoms with E-state index in [0.29, 0.717) is 0 Å². The van der Waals surface area contributed by atoms with Crippen molar-refractivity contribution >= 4 is 5.82 Å². The molecule has 4 nitrogen and oxygen atoms in total. The number of aromatic nitrogens is 2. The maximum atomic E-state index is 4.29. The molecule has 0 spiro atoms. The van der Waals surface area contributed by atoms with Crippen LogP contribution in [0.25, 0.3) is 0 Å². The van der Waals surface area contributed by atoms with Gasteiger partial charge in [0.05, 0.1) is 0 Å². The van der Waals surface area contributed by atoms with Crippen LogP contribution in [0.15, 0.2) is 12.3 Å². The Balaban J connectivity index is 2.57. The van der Waals surface area contributed by atoms with Crippen LogP contribution in [0, 0.1) is 6.92 Å². The van der Waals surface area contributed by atoms with Gasteiger partial charge in [-0.15, -0.1) is 0 Å². The van der Waals surface area contributed by atoms with Crippen LogP contribution in [0.4, 0.5) is 5.82 Å². The van der Waals surface area contributed by atoms with Gasteiger partial charge in [0.25, 0.3) is 0 Å². The molecule has 0 saturated heterocycles. The van der Waals surface area contributed by atoms with Gasteiger partial charge in [-0.25, -0.2) is 9.97 Å². The second-order valence-electron chi connectivity index (χ2n) is 4.55. The highest BCUT2D eigenvalue weighted by atomic mass is 15.2. The van der Waals surface area contributed by atoms with E-state index < -0.39 is 0 Å². The van der Waals surface area contributed by atoms with Crippen LogP contribution >= 0.6 is 0 Å². The molecule has 15 heavy (non-hydrogen) atoms. The van der Waals surface area contributed by atoms with Gasteiger partial charge < -0.3 is 10.2 Å². The Hall–Kier alpha value is -1.16. The summed E-state index contributed by atoms with van der Waals surface area (Å²) in [6.45, 7) is 7.13. The molecule has 1 rings (SSSR count). The van der Waals surface area contributed by atoms with Gasteiger partial charge in [0.1, 0.15) is 11.6 Å². The highest BCUT2D eigenvalue weighted by molar-refractivity contribution is 5.33. The van der Waals surface area contributed by atoms with E-state index in [4.69, 9.17) is 0 Å². The number of hydrogen-bond acceptors (Lipinski definition) is 4. The van der Waals surface area contributed by atoms with E-state index >= 15 is 0 Å². The standard InChI is InChI=1S/C11H20N4/c1-9-12-7-6-10(14-9)13-8-11(2,3)15(4)5/h6-7H,8H2,1-5H3,(H,12,13,14). The lowest BCUT2D eigenvalue weighted by molar-refractivity contribution is 0.210. The second-order valence-corrected chi connectivity index (χ2v) is 4.55. The number of aryl methyl sites for hydroxylation is 1. The largest absolute Gasteiger partial charge is 0.368 e. The Bertz CT molecular complexity index is 320. The third kappa shape index (κ3) is 3.47. The summed E-state index contributed by atoms with van der Waals surface area (Å²) in [5, 5.41) is 3.31. The van der Waals surface area contributed by atoms with Crippen molar-refractivity contribution in [2.45, 2.75) is 26.3 Å². The van der Waals surface area contributed by atoms with Gasteiger partial charge in [0, 0.05) is 18.3 Å². The zero-order chi connectivity index (χ0) is 11.5. The molecule has 1 heterocycles. The molecule has 0 saturated carbocycles. The number of hydrogen-bond donors (Lipinski definition) is 1. The minimum atomic E-state index is 0.110. The van der Waals surface area contributed by atoms with Gasteiger partial charge in [-0.05, 0) is 40.9 Å². The van der Waals surface area contributed by atoms with Crippen LogP contribution in [0.5, 0.6) is 0 Å². The van der Waals surface area contributed by atoms with Crippen LogP contribution in [0.3, 0.4) is 0 Å². The first-order chi connectivity index (χ1) is 6.92. The Morgan fingerprint density at radius 3 is 2.60 bits per heavy atom. The lowest BCUT2D eigenvalue weighted by atomic mass is 10.0. The monoisotopic (exact) mass is 208 g/mol. The van der Waals surface area contributed by atoms with Crippen LogP contribution in [0.2, 0.25) is 0 Å². The van der Waals surface area contributed by atoms with Gasteiger partial charge in [-0.3, -0.25) is 0 Å². The highest BCUT2D eigenvalue weighted by Gasteiger charge is 2.19. The Kier molecular flexibility index (Phi) is 3.63. The molecular weight excluding hydrogens is 188 g/mol. The zero-order valence-electron chi connectivity index (χ0n) is 10.2. The molecule has 1 aromatic heterocycles. The van der Waals surface area contributed by atoms with Crippen molar-refractivity contribution in [1.29, 1.82) is 0 Å². The van der Waals surface area contributed by atoms with E-state index in [1.54, 1.807) is 6.20 Å². The summed E-state index contributed by atoms with van der Waals surface area (Å²) in [6, 6.07) is 1.89. The molecular formula is C11H20N4. The van der Waals surface area contributed by atoms with Gasteiger partial charge in [0.15, 0.2) is 0 Å². The molecule has 0 unspecified atom stereocenters. The summed E-state index contributed by atoms with van der Waals surface area (Å²) in [5.41, 5.74) is 0.110. The Morgan fingerprint density at radius 1 is 1.40 bits per heavy atom. The molecule has 0 bridgehead atoms. The predicted octanol–water partition coefficient (Wildman–Crippen LogP) is 1.54. The zero-order valence-corrected chi connectivity index (χ0v) is 10.2. The van der Waals surface area contributed by atoms with E-state index in [0.717, 1.165) is 18.2 Å². The van der Waals surface area contributed by atoms with Gasteiger partial charge in [-0.1, -0.05) is 0 Å². The van der Waals surface area contributed by atoms with E-state index in [-0.39, 0.29) is 5.54 Å². The van der Waals surface area contributed by atoms with E-state index in [9.17, 15) is 0 Å². The van der Waals surface area contributed by atoms with Gasteiger partial charge >= 0.3 is 0 Å². The smallest absolute Gasteiger partial charge is 0.129 e. The number of nitrogens with zero attached hydrogens (tertiary/aromatic N) is 3. The van der Waals surface area contributed by atoms with Crippen molar-refractivity contribution in [3.05, 3.63) is 18.1 Å². The third-order valence-corrected chi connectivity index (χ3v) is 2.69. The lowest BCUT2D eigenvalue weighted by Crippen LogP contribution is -2.44. The first kappa shape index (κ1) is 11.9. The van der Waals surface area contributed by atoms with E-state index in [1.165, 1.54) is 0 Å². The van der Waals surface area contributed by atoms with Gasteiger partial charge in [0.2, 0.25) is 0 Å². The number of anilines is 1. The van der Waals surface area contributed by atoms with Crippen molar-refractivity contribution in [2.75, 3.05) is 26.0 Å². The van der Waals surface area contributed by atoms with Crippen molar-refractivity contribution in [2.24, 2.45) is 0 Å². The Labute approximate surface area is 91.7 Å². The molecule has 84 valence electrons. The molecule has 0 aromatic carbocycles. The predicted molar refractivity (Wildman–Crippen MR) is 63.0 cm³/mol. The SMILES string of the molecule is Cc1nccc(NCC(C)(C)N(C)C)n1. The molecule has 1 aromatic rings. The molecule has 0 aliphatic rings. The highest BCUT2D eigenvalue weighted by Crippen LogP contribution is 2.11. The fourth-order valence-electron chi connectivity index (χ4n) is 1.02. The molecule has 4 heteroatoms. The molecule has 0 aliphatic carbocycles. The van der Waals surface area contributed by atoms with Crippen molar-refractivity contribution in [3.8, 4) is 0 Å². The summed E-state index contributed by atoms with van der Waals surface area (Å²) in [6.07, 6.45) is 1.77. The summed E-state index contributed by atoms with van der Waals surface area (Å²) < 4.78 is 0. The number of rotatable bonds is 4. The molecule has 1 N–H and O–H groups in total. The van der Waals surface area contributed by atoms with Crippen molar-refractivity contribution in [1.82, 2.24) is 14.9 Å². The van der Waals surface area contributed by atoms with Crippen LogP contribution in [-0.4, -0.2) is 41.0 Å². The first-order valence-electron chi connectivity index (χ1n) is 5.13. The first-order valence-corrected chi connectivity index (χ1v) is 5.13. The summed E-state index contributed by atoms with van der Waals surface area (Å²) in [5.74, 6) is 1.68. The van der Waals surface area contributed by atoms with Crippen molar-refractivity contribution in [3.63, 3.8) is 0 Å². The average molecular weight is 208 g/mol. The molecule has 0 aliphatic heterocycles. The van der Waals surface area contributed by atoms with Crippen molar-refractivity contribution < 1.29 is 0 Å². The number of likely N-dealkylation sites (N-methyl/N-ethyl adjacent to an activating group) is 1. The lowest BCUT2D eigenvalue weighted by Gasteiger charge is -2.32. The van der Waals surface area contributed by atoms with Crippen LogP contribution in [-0.2, 0) is 0 Å². The Morgan fingerprint density at radius 2 is 2.07 bits per heavy atom. The minimum Gasteiger partial charge on any atom is -0.368 e. The third-order valence-electron chi connectivity index (χ3n) is 2.69. The topological polar surface area (TPSA) is 41.1 Å². The molecule has 0 atom stereocenters. The summed E-state index contributed by atoms with van der Waals surface area (Å²) >= 11 is 0. The minimum absolute atomic E-state index is 0.110. The van der Waals surface area contributed by atoms with E-state index in [2.05, 4.69) is 48.1 Å². The molecule has 0 fully saturated rings. The maximum Gasteiger partial charge on any atom is 0.129 e. The molecule has 0 amide bonds. The normalized spacial score (nSPS) is 11.9.